The lowest BCUT2D eigenvalue weighted by Gasteiger charge is -2.28. The summed E-state index contributed by atoms with van der Waals surface area (Å²) in [4.78, 5) is 11.5. The largest absolute Gasteiger partial charge is 0.351 e. The second-order valence-electron chi connectivity index (χ2n) is 8.32. The molecule has 0 saturated carbocycles. The van der Waals surface area contributed by atoms with Crippen molar-refractivity contribution in [2.45, 2.75) is 39.8 Å². The molecule has 3 aromatic heterocycles. The molecule has 5 nitrogen and oxygen atoms in total. The Morgan fingerprint density at radius 2 is 1.75 bits per heavy atom. The number of hydrogen-bond acceptors (Lipinski definition) is 4. The van der Waals surface area contributed by atoms with Gasteiger partial charge in [0.25, 0.3) is 0 Å². The molecule has 0 spiro atoms. The molecule has 4 heterocycles. The van der Waals surface area contributed by atoms with E-state index in [-0.39, 0.29) is 12.1 Å². The summed E-state index contributed by atoms with van der Waals surface area (Å²) in [5.74, 6) is 0. The van der Waals surface area contributed by atoms with Crippen molar-refractivity contribution in [3.05, 3.63) is 94.0 Å². The van der Waals surface area contributed by atoms with E-state index in [1.807, 2.05) is 29.9 Å². The van der Waals surface area contributed by atoms with E-state index in [0.29, 0.717) is 0 Å². The monoisotopic (exact) mass is 459 g/mol. The second-order valence-corrected chi connectivity index (χ2v) is 9.58. The Hall–Kier alpha value is -3.03. The number of rotatable bonds is 4. The van der Waals surface area contributed by atoms with E-state index in [4.69, 9.17) is 12.2 Å². The molecule has 1 aliphatic heterocycles. The first-order valence-corrected chi connectivity index (χ1v) is 11.9. The fourth-order valence-corrected chi connectivity index (χ4v) is 5.84. The van der Waals surface area contributed by atoms with Crippen LogP contribution in [0.4, 0.5) is 5.69 Å². The summed E-state index contributed by atoms with van der Waals surface area (Å²) in [5, 5.41) is 7.28. The van der Waals surface area contributed by atoms with E-state index in [9.17, 15) is 0 Å². The molecule has 4 aromatic rings. The van der Waals surface area contributed by atoms with Crippen molar-refractivity contribution in [1.82, 2.24) is 19.9 Å². The smallest absolute Gasteiger partial charge is 0.193 e. The van der Waals surface area contributed by atoms with E-state index >= 15 is 0 Å². The van der Waals surface area contributed by atoms with Crippen molar-refractivity contribution in [2.75, 3.05) is 4.90 Å². The fourth-order valence-electron chi connectivity index (χ4n) is 4.75. The molecular weight excluding hydrogens is 434 g/mol. The van der Waals surface area contributed by atoms with Gasteiger partial charge in [-0.2, -0.15) is 0 Å². The summed E-state index contributed by atoms with van der Waals surface area (Å²) in [6.07, 6.45) is 3.69. The van der Waals surface area contributed by atoms with Crippen LogP contribution in [-0.4, -0.2) is 19.6 Å². The topological polar surface area (TPSA) is 46.0 Å². The van der Waals surface area contributed by atoms with Crippen molar-refractivity contribution >= 4 is 34.4 Å². The lowest BCUT2D eigenvalue weighted by atomic mass is 9.96. The van der Waals surface area contributed by atoms with Crippen molar-refractivity contribution < 1.29 is 0 Å². The Bertz CT molecular complexity index is 1260. The Morgan fingerprint density at radius 1 is 0.969 bits per heavy atom. The molecule has 1 saturated heterocycles. The van der Waals surface area contributed by atoms with Gasteiger partial charge in [0.15, 0.2) is 10.2 Å². The Balaban J connectivity index is 1.70. The molecule has 2 atom stereocenters. The first-order chi connectivity index (χ1) is 15.4. The van der Waals surface area contributed by atoms with Gasteiger partial charge in [-0.25, -0.2) is 4.98 Å². The summed E-state index contributed by atoms with van der Waals surface area (Å²) in [5.41, 5.74) is 8.06. The van der Waals surface area contributed by atoms with Gasteiger partial charge in [-0.3, -0.25) is 9.55 Å². The normalized spacial score (nSPS) is 18.2. The highest BCUT2D eigenvalue weighted by molar-refractivity contribution is 7.80. The molecule has 0 bridgehead atoms. The van der Waals surface area contributed by atoms with Crippen molar-refractivity contribution in [3.8, 4) is 5.13 Å². The zero-order chi connectivity index (χ0) is 22.4. The third-order valence-electron chi connectivity index (χ3n) is 5.98. The highest BCUT2D eigenvalue weighted by Crippen LogP contribution is 2.44. The first kappa shape index (κ1) is 20.8. The Labute approximate surface area is 197 Å². The summed E-state index contributed by atoms with van der Waals surface area (Å²) in [6.45, 7) is 8.56. The van der Waals surface area contributed by atoms with E-state index < -0.39 is 0 Å². The number of pyridine rings is 1. The summed E-state index contributed by atoms with van der Waals surface area (Å²) >= 11 is 7.54. The molecular formula is C25H25N5S2. The van der Waals surface area contributed by atoms with Crippen molar-refractivity contribution in [2.24, 2.45) is 0 Å². The van der Waals surface area contributed by atoms with Gasteiger partial charge >= 0.3 is 0 Å². The highest BCUT2D eigenvalue weighted by Gasteiger charge is 2.42. The Kier molecular flexibility index (Phi) is 5.31. The average Bonchev–Trinajstić information content (AvgIpc) is 3.46. The molecule has 5 rings (SSSR count). The van der Waals surface area contributed by atoms with Gasteiger partial charge in [0, 0.05) is 34.8 Å². The molecule has 1 aromatic carbocycles. The van der Waals surface area contributed by atoms with E-state index in [1.54, 1.807) is 11.3 Å². The number of nitrogens with one attached hydrogen (secondary N) is 1. The average molecular weight is 460 g/mol. The molecule has 2 unspecified atom stereocenters. The lowest BCUT2D eigenvalue weighted by molar-refractivity contribution is 0.565. The Morgan fingerprint density at radius 3 is 2.41 bits per heavy atom. The van der Waals surface area contributed by atoms with Gasteiger partial charge < -0.3 is 10.2 Å². The predicted octanol–water partition coefficient (Wildman–Crippen LogP) is 5.74. The highest BCUT2D eigenvalue weighted by atomic mass is 32.1. The van der Waals surface area contributed by atoms with Gasteiger partial charge in [-0.1, -0.05) is 12.1 Å². The zero-order valence-electron chi connectivity index (χ0n) is 18.5. The van der Waals surface area contributed by atoms with Gasteiger partial charge in [0.1, 0.15) is 0 Å². The summed E-state index contributed by atoms with van der Waals surface area (Å²) in [6, 6.07) is 14.8. The van der Waals surface area contributed by atoms with Crippen LogP contribution < -0.4 is 10.2 Å². The van der Waals surface area contributed by atoms with Crippen LogP contribution >= 0.6 is 23.6 Å². The van der Waals surface area contributed by atoms with Gasteiger partial charge in [-0.15, -0.1) is 11.3 Å². The quantitative estimate of drug-likeness (QED) is 0.394. The van der Waals surface area contributed by atoms with Crippen molar-refractivity contribution in [3.63, 3.8) is 0 Å². The molecule has 1 fully saturated rings. The maximum absolute atomic E-state index is 5.90. The standard InChI is InChI=1S/C25H25N5S2/c1-15-11-16(2)13-19(12-15)30-23(22(28-24(30)31)21-7-5-6-8-26-21)20-14-17(3)29(18(20)4)25-27-9-10-32-25/h5-14,22-23H,1-4H3,(H,28,31). The maximum Gasteiger partial charge on any atom is 0.193 e. The number of anilines is 1. The van der Waals surface area contributed by atoms with Gasteiger partial charge in [0.05, 0.1) is 17.8 Å². The third-order valence-corrected chi connectivity index (χ3v) is 7.05. The van der Waals surface area contributed by atoms with Crippen LogP contribution in [0, 0.1) is 27.7 Å². The van der Waals surface area contributed by atoms with E-state index in [0.717, 1.165) is 27.3 Å². The molecule has 162 valence electrons. The molecule has 1 aliphatic rings. The van der Waals surface area contributed by atoms with Crippen LogP contribution in [0.1, 0.15) is 45.9 Å². The van der Waals surface area contributed by atoms with Crippen molar-refractivity contribution in [1.29, 1.82) is 0 Å². The minimum absolute atomic E-state index is 0.0292. The maximum atomic E-state index is 5.90. The van der Waals surface area contributed by atoms with Crippen LogP contribution in [0.15, 0.2) is 60.2 Å². The minimum atomic E-state index is -0.0604. The minimum Gasteiger partial charge on any atom is -0.351 e. The molecule has 0 aliphatic carbocycles. The number of thiazole rings is 1. The SMILES string of the molecule is Cc1cc(C)cc(N2C(=S)NC(c3ccccn3)C2c2cc(C)n(-c3nccs3)c2C)c1. The molecule has 0 amide bonds. The van der Waals surface area contributed by atoms with Crippen LogP contribution in [0.5, 0.6) is 0 Å². The van der Waals surface area contributed by atoms with Crippen LogP contribution in [0.25, 0.3) is 5.13 Å². The van der Waals surface area contributed by atoms with E-state index in [2.05, 4.69) is 82.8 Å². The lowest BCUT2D eigenvalue weighted by Crippen LogP contribution is -2.29. The molecule has 7 heteroatoms. The third kappa shape index (κ3) is 3.51. The fraction of sp³-hybridized carbons (Fsp3) is 0.240. The summed E-state index contributed by atoms with van der Waals surface area (Å²) in [7, 11) is 0. The van der Waals surface area contributed by atoms with Gasteiger partial charge in [0.2, 0.25) is 0 Å². The number of thiocarbonyl (C=S) groups is 1. The molecule has 1 N–H and O–H groups in total. The number of aromatic nitrogens is 3. The van der Waals surface area contributed by atoms with E-state index in [1.165, 1.54) is 22.4 Å². The predicted molar refractivity (Wildman–Crippen MR) is 135 cm³/mol. The zero-order valence-corrected chi connectivity index (χ0v) is 20.2. The van der Waals surface area contributed by atoms with Crippen LogP contribution in [-0.2, 0) is 0 Å². The van der Waals surface area contributed by atoms with Crippen LogP contribution in [0.3, 0.4) is 0 Å². The number of aryl methyl sites for hydroxylation is 3. The number of benzene rings is 1. The first-order valence-electron chi connectivity index (χ1n) is 10.6. The number of nitrogens with zero attached hydrogens (tertiary/aromatic N) is 4. The summed E-state index contributed by atoms with van der Waals surface area (Å²) < 4.78 is 2.23. The molecule has 32 heavy (non-hydrogen) atoms. The van der Waals surface area contributed by atoms with Crippen LogP contribution in [0.2, 0.25) is 0 Å². The molecule has 0 radical (unpaired) electrons. The second kappa shape index (κ2) is 8.15. The van der Waals surface area contributed by atoms with Gasteiger partial charge in [-0.05, 0) is 86.9 Å². The number of hydrogen-bond donors (Lipinski definition) is 1.